The van der Waals surface area contributed by atoms with Gasteiger partial charge in [0.2, 0.25) is 0 Å². The first-order valence-electron chi connectivity index (χ1n) is 14.3. The Labute approximate surface area is 267 Å². The van der Waals surface area contributed by atoms with Crippen molar-refractivity contribution in [2.75, 3.05) is 12.4 Å². The van der Waals surface area contributed by atoms with Gasteiger partial charge in [-0.25, -0.2) is 4.99 Å². The summed E-state index contributed by atoms with van der Waals surface area (Å²) in [6.07, 6.45) is 1.77. The highest BCUT2D eigenvalue weighted by Crippen LogP contribution is 2.32. The summed E-state index contributed by atoms with van der Waals surface area (Å²) in [7, 11) is 1.57. The molecule has 1 aromatic heterocycles. The van der Waals surface area contributed by atoms with E-state index < -0.39 is 11.0 Å². The van der Waals surface area contributed by atoms with Gasteiger partial charge in [-0.15, -0.1) is 0 Å². The number of para-hydroxylation sites is 1. The van der Waals surface area contributed by atoms with E-state index in [-0.39, 0.29) is 23.8 Å². The highest BCUT2D eigenvalue weighted by atomic mass is 32.1. The number of nitro groups is 1. The maximum atomic E-state index is 14.1. The minimum Gasteiger partial charge on any atom is -0.497 e. The summed E-state index contributed by atoms with van der Waals surface area (Å²) in [5, 5.41) is 13.9. The van der Waals surface area contributed by atoms with Gasteiger partial charge in [0.05, 0.1) is 33.9 Å². The number of amides is 1. The molecule has 0 unspecified atom stereocenters. The zero-order valence-corrected chi connectivity index (χ0v) is 25.7. The highest BCUT2D eigenvalue weighted by Gasteiger charge is 2.32. The third kappa shape index (κ3) is 6.35. The van der Waals surface area contributed by atoms with E-state index >= 15 is 0 Å². The number of anilines is 1. The summed E-state index contributed by atoms with van der Waals surface area (Å²) in [5.41, 5.74) is 3.46. The number of nitro benzene ring substituents is 1. The van der Waals surface area contributed by atoms with Gasteiger partial charge in [0.25, 0.3) is 17.2 Å². The van der Waals surface area contributed by atoms with Crippen LogP contribution in [0.1, 0.15) is 29.7 Å². The first kappa shape index (κ1) is 30.2. The molecule has 1 atom stereocenters. The van der Waals surface area contributed by atoms with Crippen molar-refractivity contribution in [1.29, 1.82) is 0 Å². The molecule has 0 aliphatic carbocycles. The molecule has 5 aromatic rings. The summed E-state index contributed by atoms with van der Waals surface area (Å²) in [6.45, 7) is 1.99. The molecule has 0 bridgehead atoms. The maximum absolute atomic E-state index is 14.1. The number of nitrogens with one attached hydrogen (secondary N) is 1. The van der Waals surface area contributed by atoms with E-state index in [0.29, 0.717) is 43.4 Å². The summed E-state index contributed by atoms with van der Waals surface area (Å²) in [5.74, 6) is 0.819. The number of carbonyl (C=O) groups is 1. The number of aromatic nitrogens is 1. The van der Waals surface area contributed by atoms with Crippen LogP contribution in [0.25, 0.3) is 6.08 Å². The van der Waals surface area contributed by atoms with E-state index in [1.807, 2.05) is 60.7 Å². The zero-order chi connectivity index (χ0) is 32.2. The first-order valence-corrected chi connectivity index (χ1v) is 15.1. The fourth-order valence-electron chi connectivity index (χ4n) is 5.18. The minimum atomic E-state index is -0.742. The van der Waals surface area contributed by atoms with E-state index in [9.17, 15) is 19.7 Å². The van der Waals surface area contributed by atoms with Crippen LogP contribution in [0, 0.1) is 10.1 Å². The van der Waals surface area contributed by atoms with Crippen LogP contribution in [0.15, 0.2) is 124 Å². The van der Waals surface area contributed by atoms with Gasteiger partial charge >= 0.3 is 0 Å². The van der Waals surface area contributed by atoms with Crippen molar-refractivity contribution in [3.8, 4) is 11.5 Å². The summed E-state index contributed by atoms with van der Waals surface area (Å²) >= 11 is 1.24. The van der Waals surface area contributed by atoms with Gasteiger partial charge in [0, 0.05) is 17.8 Å². The molecule has 0 fully saturated rings. The second-order valence-corrected chi connectivity index (χ2v) is 11.5. The van der Waals surface area contributed by atoms with Crippen molar-refractivity contribution < 1.29 is 19.2 Å². The highest BCUT2D eigenvalue weighted by molar-refractivity contribution is 7.07. The topological polar surface area (TPSA) is 125 Å². The minimum absolute atomic E-state index is 0.0139. The number of hydrogen-bond acceptors (Lipinski definition) is 8. The Morgan fingerprint density at radius 3 is 2.48 bits per heavy atom. The Morgan fingerprint density at radius 1 is 1.00 bits per heavy atom. The molecule has 2 heterocycles. The van der Waals surface area contributed by atoms with E-state index in [1.54, 1.807) is 55.0 Å². The van der Waals surface area contributed by atoms with Crippen LogP contribution in [0.5, 0.6) is 11.5 Å². The number of nitrogens with zero attached hydrogens (tertiary/aromatic N) is 3. The van der Waals surface area contributed by atoms with Crippen LogP contribution < -0.4 is 29.7 Å². The van der Waals surface area contributed by atoms with Crippen molar-refractivity contribution in [3.63, 3.8) is 0 Å². The molecule has 0 saturated heterocycles. The Bertz CT molecular complexity index is 2150. The monoisotopic (exact) mass is 632 g/mol. The smallest absolute Gasteiger partial charge is 0.271 e. The fraction of sp³-hybridized carbons (Fsp3) is 0.114. The average molecular weight is 633 g/mol. The molecule has 46 heavy (non-hydrogen) atoms. The molecule has 10 nitrogen and oxygen atoms in total. The van der Waals surface area contributed by atoms with Crippen molar-refractivity contribution in [2.24, 2.45) is 4.99 Å². The quantitative estimate of drug-likeness (QED) is 0.172. The molecule has 0 saturated carbocycles. The lowest BCUT2D eigenvalue weighted by molar-refractivity contribution is -0.384. The van der Waals surface area contributed by atoms with E-state index in [4.69, 9.17) is 14.5 Å². The molecule has 1 aliphatic heterocycles. The number of fused-ring (bicyclic) bond motifs is 1. The molecule has 1 amide bonds. The van der Waals surface area contributed by atoms with Crippen LogP contribution in [-0.4, -0.2) is 22.5 Å². The molecule has 1 N–H and O–H groups in total. The summed E-state index contributed by atoms with van der Waals surface area (Å²) in [4.78, 5) is 43.5. The molecule has 230 valence electrons. The predicted octanol–water partition coefficient (Wildman–Crippen LogP) is 5.37. The standard InChI is InChI=1S/C35H28N4O6S/c1-22-31(33(40)37-26-10-4-3-5-11-26)32(25-9-7-12-28(20-25)44-2)38-34(41)30(46-35(38)36-22)19-24-8-6-13-29(18-24)45-21-23-14-16-27(17-15-23)39(42)43/h3-20,32H,21H2,1-2H3,(H,37,40)/b30-19-/t32-/m0/s1. The molecule has 1 aliphatic rings. The number of non-ortho nitro benzene ring substituents is 1. The van der Waals surface area contributed by atoms with Crippen LogP contribution in [-0.2, 0) is 11.4 Å². The molecule has 6 rings (SSSR count). The molecule has 4 aromatic carbocycles. The number of hydrogen-bond donors (Lipinski definition) is 1. The normalized spacial score (nSPS) is 14.3. The van der Waals surface area contributed by atoms with E-state index in [1.165, 1.54) is 23.5 Å². The van der Waals surface area contributed by atoms with Gasteiger partial charge in [-0.3, -0.25) is 24.3 Å². The summed E-state index contributed by atoms with van der Waals surface area (Å²) in [6, 6.07) is 29.2. The van der Waals surface area contributed by atoms with E-state index in [0.717, 1.165) is 11.1 Å². The molecular formula is C35H28N4O6S. The molecule has 0 spiro atoms. The molecular weight excluding hydrogens is 604 g/mol. The van der Waals surface area contributed by atoms with E-state index in [2.05, 4.69) is 5.32 Å². The fourth-order valence-corrected chi connectivity index (χ4v) is 6.23. The largest absolute Gasteiger partial charge is 0.497 e. The third-order valence-corrected chi connectivity index (χ3v) is 8.40. The van der Waals surface area contributed by atoms with Crippen molar-refractivity contribution in [3.05, 3.63) is 161 Å². The molecule has 11 heteroatoms. The lowest BCUT2D eigenvalue weighted by Crippen LogP contribution is -2.40. The predicted molar refractivity (Wildman–Crippen MR) is 176 cm³/mol. The first-order chi connectivity index (χ1) is 22.3. The number of carbonyl (C=O) groups excluding carboxylic acids is 1. The number of thiazole rings is 1. The Morgan fingerprint density at radius 2 is 1.74 bits per heavy atom. The van der Waals surface area contributed by atoms with Crippen LogP contribution in [0.2, 0.25) is 0 Å². The summed E-state index contributed by atoms with van der Waals surface area (Å²) < 4.78 is 13.4. The number of benzene rings is 4. The van der Waals surface area contributed by atoms with Crippen LogP contribution in [0.4, 0.5) is 11.4 Å². The number of ether oxygens (including phenoxy) is 2. The van der Waals surface area contributed by atoms with Crippen molar-refractivity contribution in [2.45, 2.75) is 19.6 Å². The van der Waals surface area contributed by atoms with Gasteiger partial charge in [0.15, 0.2) is 4.80 Å². The van der Waals surface area contributed by atoms with Gasteiger partial charge in [-0.1, -0.05) is 53.8 Å². The molecule has 0 radical (unpaired) electrons. The third-order valence-electron chi connectivity index (χ3n) is 7.42. The Hall–Kier alpha value is -5.81. The van der Waals surface area contributed by atoms with Gasteiger partial charge in [0.1, 0.15) is 18.1 Å². The van der Waals surface area contributed by atoms with Crippen molar-refractivity contribution >= 4 is 34.7 Å². The zero-order valence-electron chi connectivity index (χ0n) is 24.9. The second-order valence-electron chi connectivity index (χ2n) is 10.5. The maximum Gasteiger partial charge on any atom is 0.271 e. The van der Waals surface area contributed by atoms with Gasteiger partial charge in [-0.2, -0.15) is 0 Å². The van der Waals surface area contributed by atoms with Crippen LogP contribution in [0.3, 0.4) is 0 Å². The van der Waals surface area contributed by atoms with Crippen LogP contribution >= 0.6 is 11.3 Å². The lowest BCUT2D eigenvalue weighted by atomic mass is 9.95. The van der Waals surface area contributed by atoms with Gasteiger partial charge in [-0.05, 0) is 78.2 Å². The Balaban J connectivity index is 1.35. The number of methoxy groups -OCH3 is 1. The SMILES string of the molecule is COc1cccc([C@H]2C(C(=O)Nc3ccccc3)=C(C)N=c3s/c(=C\c4cccc(OCc5ccc([N+](=O)[O-])cc5)c4)c(=O)n32)c1. The second kappa shape index (κ2) is 13.0. The number of rotatable bonds is 9. The lowest BCUT2D eigenvalue weighted by Gasteiger charge is -2.25. The van der Waals surface area contributed by atoms with Crippen molar-refractivity contribution in [1.82, 2.24) is 4.57 Å². The average Bonchev–Trinajstić information content (AvgIpc) is 3.37. The number of allylic oxidation sites excluding steroid dienone is 1. The van der Waals surface area contributed by atoms with Gasteiger partial charge < -0.3 is 14.8 Å². The Kier molecular flexibility index (Phi) is 8.57.